The summed E-state index contributed by atoms with van der Waals surface area (Å²) in [6.45, 7) is 15.3. The Morgan fingerprint density at radius 3 is 1.89 bits per heavy atom. The molecule has 0 aliphatic rings. The Hall–Kier alpha value is -1.38. The maximum absolute atomic E-state index is 12.0. The highest BCUT2D eigenvalue weighted by Crippen LogP contribution is 2.22. The molecule has 0 heterocycles. The summed E-state index contributed by atoms with van der Waals surface area (Å²) in [5.74, 6) is -1.83. The number of aliphatic carboxylic acids is 1. The molecule has 3 heteroatoms. The number of allylic oxidation sites excluding steroid dienone is 2. The number of carboxylic acid groups (broad SMARTS) is 1. The second-order valence-corrected chi connectivity index (χ2v) is 5.63. The van der Waals surface area contributed by atoms with Gasteiger partial charge in [0.1, 0.15) is 11.7 Å². The van der Waals surface area contributed by atoms with E-state index in [4.69, 9.17) is 0 Å². The molecule has 0 aromatic rings. The van der Waals surface area contributed by atoms with E-state index in [9.17, 15) is 14.7 Å². The van der Waals surface area contributed by atoms with Gasteiger partial charge in [-0.15, -0.1) is 0 Å². The van der Waals surface area contributed by atoms with Crippen molar-refractivity contribution in [3.8, 4) is 0 Å². The molecule has 3 atom stereocenters. The highest BCUT2D eigenvalue weighted by Gasteiger charge is 2.28. The van der Waals surface area contributed by atoms with E-state index >= 15 is 0 Å². The second kappa shape index (κ2) is 7.93. The molecule has 0 rings (SSSR count). The lowest BCUT2D eigenvalue weighted by Crippen LogP contribution is -2.26. The fourth-order valence-electron chi connectivity index (χ4n) is 1.70. The average Bonchev–Trinajstić information content (AvgIpc) is 2.31. The van der Waals surface area contributed by atoms with E-state index in [1.165, 1.54) is 0 Å². The monoisotopic (exact) mass is 266 g/mol. The predicted octanol–water partition coefficient (Wildman–Crippen LogP) is 3.85. The zero-order valence-corrected chi connectivity index (χ0v) is 12.5. The van der Waals surface area contributed by atoms with Gasteiger partial charge in [-0.2, -0.15) is 0 Å². The van der Waals surface area contributed by atoms with Crippen LogP contribution in [0.25, 0.3) is 0 Å². The third-order valence-electron chi connectivity index (χ3n) is 3.78. The van der Waals surface area contributed by atoms with Gasteiger partial charge in [-0.05, 0) is 38.5 Å². The van der Waals surface area contributed by atoms with Crippen molar-refractivity contribution in [1.82, 2.24) is 0 Å². The van der Waals surface area contributed by atoms with Gasteiger partial charge < -0.3 is 5.11 Å². The summed E-state index contributed by atoms with van der Waals surface area (Å²) in [6.07, 6.45) is 1.30. The molecule has 0 saturated carbocycles. The molecular formula is C16H26O3. The second-order valence-electron chi connectivity index (χ2n) is 5.63. The highest BCUT2D eigenvalue weighted by molar-refractivity contribution is 5.98. The van der Waals surface area contributed by atoms with Crippen LogP contribution in [0.15, 0.2) is 24.3 Å². The maximum atomic E-state index is 12.0. The number of rotatable bonds is 9. The number of carbonyl (C=O) groups excluding carboxylic acids is 1. The third kappa shape index (κ3) is 6.37. The smallest absolute Gasteiger partial charge is 0.314 e. The van der Waals surface area contributed by atoms with Crippen molar-refractivity contribution in [2.45, 2.75) is 47.0 Å². The van der Waals surface area contributed by atoms with E-state index < -0.39 is 11.9 Å². The summed E-state index contributed by atoms with van der Waals surface area (Å²) in [5, 5.41) is 9.18. The van der Waals surface area contributed by atoms with Crippen LogP contribution in [-0.4, -0.2) is 16.9 Å². The minimum absolute atomic E-state index is 0.0450. The summed E-state index contributed by atoms with van der Waals surface area (Å²) in [4.78, 5) is 23.2. The number of hydrogen-bond acceptors (Lipinski definition) is 2. The van der Waals surface area contributed by atoms with Crippen molar-refractivity contribution < 1.29 is 14.7 Å². The topological polar surface area (TPSA) is 54.4 Å². The van der Waals surface area contributed by atoms with Crippen LogP contribution < -0.4 is 0 Å². The lowest BCUT2D eigenvalue weighted by molar-refractivity contribution is -0.147. The molecule has 0 spiro atoms. The fourth-order valence-corrected chi connectivity index (χ4v) is 1.70. The van der Waals surface area contributed by atoms with E-state index in [1.807, 2.05) is 27.7 Å². The summed E-state index contributed by atoms with van der Waals surface area (Å²) >= 11 is 0. The molecule has 0 fully saturated rings. The third-order valence-corrected chi connectivity index (χ3v) is 3.78. The molecule has 0 aromatic carbocycles. The quantitative estimate of drug-likeness (QED) is 0.509. The Bertz CT molecular complexity index is 368. The first kappa shape index (κ1) is 17.6. The van der Waals surface area contributed by atoms with Gasteiger partial charge in [-0.1, -0.05) is 38.2 Å². The molecule has 0 aromatic heterocycles. The van der Waals surface area contributed by atoms with Gasteiger partial charge in [0.15, 0.2) is 0 Å². The molecule has 3 nitrogen and oxygen atoms in total. The van der Waals surface area contributed by atoms with Gasteiger partial charge in [-0.3, -0.25) is 9.59 Å². The molecule has 0 aliphatic carbocycles. The number of ketones is 1. The Morgan fingerprint density at radius 2 is 1.53 bits per heavy atom. The number of carboxylic acids is 1. The SMILES string of the molecule is C=C(C)C(C)CCC(=O)C(CC(C)C(=C)C)C(=O)O. The van der Waals surface area contributed by atoms with Gasteiger partial charge in [0.05, 0.1) is 0 Å². The van der Waals surface area contributed by atoms with Crippen LogP contribution in [0.1, 0.15) is 47.0 Å². The van der Waals surface area contributed by atoms with E-state index in [1.54, 1.807) is 0 Å². The predicted molar refractivity (Wildman–Crippen MR) is 77.9 cm³/mol. The van der Waals surface area contributed by atoms with E-state index in [2.05, 4.69) is 13.2 Å². The van der Waals surface area contributed by atoms with E-state index in [0.717, 1.165) is 11.1 Å². The fraction of sp³-hybridized carbons (Fsp3) is 0.625. The Labute approximate surface area is 116 Å². The first-order valence-corrected chi connectivity index (χ1v) is 6.73. The molecule has 0 radical (unpaired) electrons. The molecule has 0 aliphatic heterocycles. The normalized spacial score (nSPS) is 15.4. The van der Waals surface area contributed by atoms with Crippen LogP contribution in [0.4, 0.5) is 0 Å². The summed E-state index contributed by atoms with van der Waals surface area (Å²) in [5.41, 5.74) is 1.93. The minimum atomic E-state index is -1.03. The van der Waals surface area contributed by atoms with Gasteiger partial charge >= 0.3 is 5.97 Å². The van der Waals surface area contributed by atoms with Crippen LogP contribution >= 0.6 is 0 Å². The van der Waals surface area contributed by atoms with E-state index in [0.29, 0.717) is 19.3 Å². The summed E-state index contributed by atoms with van der Waals surface area (Å²) in [7, 11) is 0. The van der Waals surface area contributed by atoms with Crippen molar-refractivity contribution in [3.63, 3.8) is 0 Å². The molecule has 0 bridgehead atoms. The van der Waals surface area contributed by atoms with Gasteiger partial charge in [0.25, 0.3) is 0 Å². The number of hydrogen-bond donors (Lipinski definition) is 1. The van der Waals surface area contributed by atoms with Crippen LogP contribution in [-0.2, 0) is 9.59 Å². The Kier molecular flexibility index (Phi) is 7.35. The van der Waals surface area contributed by atoms with Crippen molar-refractivity contribution >= 4 is 11.8 Å². The molecule has 19 heavy (non-hydrogen) atoms. The maximum Gasteiger partial charge on any atom is 0.314 e. The minimum Gasteiger partial charge on any atom is -0.481 e. The molecular weight excluding hydrogens is 240 g/mol. The highest BCUT2D eigenvalue weighted by atomic mass is 16.4. The van der Waals surface area contributed by atoms with Crippen molar-refractivity contribution in [3.05, 3.63) is 24.3 Å². The Balaban J connectivity index is 4.55. The first-order valence-electron chi connectivity index (χ1n) is 6.73. The summed E-state index contributed by atoms with van der Waals surface area (Å²) in [6, 6.07) is 0. The van der Waals surface area contributed by atoms with Crippen LogP contribution in [0.5, 0.6) is 0 Å². The summed E-state index contributed by atoms with van der Waals surface area (Å²) < 4.78 is 0. The molecule has 0 amide bonds. The molecule has 3 unspecified atom stereocenters. The average molecular weight is 266 g/mol. The zero-order chi connectivity index (χ0) is 15.2. The molecule has 1 N–H and O–H groups in total. The van der Waals surface area contributed by atoms with Crippen LogP contribution in [0, 0.1) is 17.8 Å². The van der Waals surface area contributed by atoms with Crippen molar-refractivity contribution in [2.24, 2.45) is 17.8 Å². The van der Waals surface area contributed by atoms with E-state index in [-0.39, 0.29) is 17.6 Å². The lowest BCUT2D eigenvalue weighted by Gasteiger charge is -2.18. The first-order chi connectivity index (χ1) is 8.66. The van der Waals surface area contributed by atoms with Crippen LogP contribution in [0.2, 0.25) is 0 Å². The number of Topliss-reactive ketones (excluding diaryl/α,β-unsaturated/α-hetero) is 1. The zero-order valence-electron chi connectivity index (χ0n) is 12.5. The number of carbonyl (C=O) groups is 2. The Morgan fingerprint density at radius 1 is 1.05 bits per heavy atom. The largest absolute Gasteiger partial charge is 0.481 e. The molecule has 0 saturated heterocycles. The standard InChI is InChI=1S/C16H26O3/c1-10(2)12(5)7-8-15(17)14(16(18)19)9-13(6)11(3)4/h12-14H,1,3,7-9H2,2,4-6H3,(H,18,19). The van der Waals surface area contributed by atoms with Crippen molar-refractivity contribution in [1.29, 1.82) is 0 Å². The molecule has 108 valence electrons. The van der Waals surface area contributed by atoms with Gasteiger partial charge in [0.2, 0.25) is 0 Å². The van der Waals surface area contributed by atoms with Crippen LogP contribution in [0.3, 0.4) is 0 Å². The van der Waals surface area contributed by atoms with Gasteiger partial charge in [-0.25, -0.2) is 0 Å². The lowest BCUT2D eigenvalue weighted by atomic mass is 9.86. The van der Waals surface area contributed by atoms with Gasteiger partial charge in [0, 0.05) is 6.42 Å². The van der Waals surface area contributed by atoms with Crippen molar-refractivity contribution in [2.75, 3.05) is 0 Å².